The van der Waals surface area contributed by atoms with Crippen molar-refractivity contribution in [3.63, 3.8) is 0 Å². The highest BCUT2D eigenvalue weighted by Crippen LogP contribution is 2.03. The number of nitrogens with one attached hydrogen (secondary N) is 1. The highest BCUT2D eigenvalue weighted by Gasteiger charge is 2.12. The van der Waals surface area contributed by atoms with Crippen molar-refractivity contribution in [2.75, 3.05) is 27.2 Å². The van der Waals surface area contributed by atoms with Gasteiger partial charge in [-0.25, -0.2) is 0 Å². The quantitative estimate of drug-likeness (QED) is 0.605. The molecular formula is C12H28N2. The molecule has 0 spiro atoms. The van der Waals surface area contributed by atoms with E-state index in [1.807, 2.05) is 0 Å². The largest absolute Gasteiger partial charge is 0.312 e. The molecule has 0 saturated heterocycles. The van der Waals surface area contributed by atoms with Gasteiger partial charge in [-0.05, 0) is 33.0 Å². The predicted molar refractivity (Wildman–Crippen MR) is 64.7 cm³/mol. The summed E-state index contributed by atoms with van der Waals surface area (Å²) in [6, 6.07) is 0.641. The van der Waals surface area contributed by atoms with E-state index in [0.717, 1.165) is 12.5 Å². The molecule has 2 nitrogen and oxygen atoms in total. The average molecular weight is 200 g/mol. The Bertz CT molecular complexity index is 121. The summed E-state index contributed by atoms with van der Waals surface area (Å²) in [6.07, 6.45) is 3.97. The number of hydrogen-bond donors (Lipinski definition) is 1. The third kappa shape index (κ3) is 7.34. The van der Waals surface area contributed by atoms with Crippen LogP contribution in [0, 0.1) is 5.92 Å². The van der Waals surface area contributed by atoms with Gasteiger partial charge in [-0.1, -0.05) is 33.6 Å². The number of unbranched alkanes of at least 4 members (excludes halogenated alkanes) is 2. The van der Waals surface area contributed by atoms with E-state index in [2.05, 4.69) is 45.1 Å². The first-order valence-electron chi connectivity index (χ1n) is 5.96. The van der Waals surface area contributed by atoms with Crippen LogP contribution >= 0.6 is 0 Å². The standard InChI is InChI=1S/C12H28N2/c1-6-7-8-9-13-12(11(2)3)10-14(4)5/h11-13H,6-10H2,1-5H3. The van der Waals surface area contributed by atoms with E-state index in [4.69, 9.17) is 0 Å². The van der Waals surface area contributed by atoms with Crippen molar-refractivity contribution in [1.29, 1.82) is 0 Å². The van der Waals surface area contributed by atoms with Crippen LogP contribution in [0.15, 0.2) is 0 Å². The molecule has 1 atom stereocenters. The van der Waals surface area contributed by atoms with Crippen LogP contribution in [-0.2, 0) is 0 Å². The van der Waals surface area contributed by atoms with Gasteiger partial charge in [-0.15, -0.1) is 0 Å². The van der Waals surface area contributed by atoms with Gasteiger partial charge in [0.2, 0.25) is 0 Å². The van der Waals surface area contributed by atoms with Crippen molar-refractivity contribution in [2.45, 2.75) is 46.1 Å². The van der Waals surface area contributed by atoms with Crippen LogP contribution in [0.25, 0.3) is 0 Å². The van der Waals surface area contributed by atoms with Crippen LogP contribution in [0.3, 0.4) is 0 Å². The molecular weight excluding hydrogens is 172 g/mol. The molecule has 0 amide bonds. The van der Waals surface area contributed by atoms with Crippen molar-refractivity contribution in [1.82, 2.24) is 10.2 Å². The number of likely N-dealkylation sites (N-methyl/N-ethyl adjacent to an activating group) is 1. The second-order valence-electron chi connectivity index (χ2n) is 4.77. The van der Waals surface area contributed by atoms with E-state index in [0.29, 0.717) is 6.04 Å². The van der Waals surface area contributed by atoms with Crippen molar-refractivity contribution in [3.8, 4) is 0 Å². The van der Waals surface area contributed by atoms with Crippen LogP contribution in [0.1, 0.15) is 40.0 Å². The van der Waals surface area contributed by atoms with Crippen molar-refractivity contribution in [3.05, 3.63) is 0 Å². The van der Waals surface area contributed by atoms with E-state index in [1.54, 1.807) is 0 Å². The average Bonchev–Trinajstić information content (AvgIpc) is 2.09. The van der Waals surface area contributed by atoms with Gasteiger partial charge < -0.3 is 10.2 Å². The molecule has 1 unspecified atom stereocenters. The molecule has 0 radical (unpaired) electrons. The highest BCUT2D eigenvalue weighted by molar-refractivity contribution is 4.72. The van der Waals surface area contributed by atoms with Gasteiger partial charge in [-0.2, -0.15) is 0 Å². The Hall–Kier alpha value is -0.0800. The second-order valence-corrected chi connectivity index (χ2v) is 4.77. The zero-order chi connectivity index (χ0) is 11.0. The molecule has 0 heterocycles. The van der Waals surface area contributed by atoms with E-state index < -0.39 is 0 Å². The van der Waals surface area contributed by atoms with Gasteiger partial charge in [0.05, 0.1) is 0 Å². The Morgan fingerprint density at radius 1 is 1.14 bits per heavy atom. The summed E-state index contributed by atoms with van der Waals surface area (Å²) in [5, 5.41) is 3.64. The lowest BCUT2D eigenvalue weighted by atomic mass is 10.0. The molecule has 0 aromatic heterocycles. The second kappa shape index (κ2) is 8.25. The number of nitrogens with zero attached hydrogens (tertiary/aromatic N) is 1. The summed E-state index contributed by atoms with van der Waals surface area (Å²) in [4.78, 5) is 2.26. The Balaban J connectivity index is 3.63. The maximum atomic E-state index is 3.64. The molecule has 0 aromatic rings. The first-order valence-corrected chi connectivity index (χ1v) is 5.96. The smallest absolute Gasteiger partial charge is 0.0217 e. The van der Waals surface area contributed by atoms with Crippen LogP contribution < -0.4 is 5.32 Å². The zero-order valence-electron chi connectivity index (χ0n) is 10.6. The minimum Gasteiger partial charge on any atom is -0.312 e. The van der Waals surface area contributed by atoms with Gasteiger partial charge in [0, 0.05) is 12.6 Å². The van der Waals surface area contributed by atoms with Crippen LogP contribution in [0.4, 0.5) is 0 Å². The number of rotatable bonds is 8. The SMILES string of the molecule is CCCCCNC(CN(C)C)C(C)C. The molecule has 14 heavy (non-hydrogen) atoms. The van der Waals surface area contributed by atoms with E-state index in [-0.39, 0.29) is 0 Å². The summed E-state index contributed by atoms with van der Waals surface area (Å²) in [5.74, 6) is 0.721. The maximum absolute atomic E-state index is 3.64. The van der Waals surface area contributed by atoms with Crippen LogP contribution in [-0.4, -0.2) is 38.1 Å². The van der Waals surface area contributed by atoms with Gasteiger partial charge in [0.15, 0.2) is 0 Å². The monoisotopic (exact) mass is 200 g/mol. The molecule has 2 heteroatoms. The maximum Gasteiger partial charge on any atom is 0.0217 e. The normalized spacial score (nSPS) is 13.9. The third-order valence-electron chi connectivity index (χ3n) is 2.55. The molecule has 0 aliphatic carbocycles. The number of hydrogen-bond acceptors (Lipinski definition) is 2. The topological polar surface area (TPSA) is 15.3 Å². The highest BCUT2D eigenvalue weighted by atomic mass is 15.1. The molecule has 0 fully saturated rings. The molecule has 0 aliphatic rings. The van der Waals surface area contributed by atoms with Gasteiger partial charge in [0.1, 0.15) is 0 Å². The Morgan fingerprint density at radius 3 is 2.21 bits per heavy atom. The van der Waals surface area contributed by atoms with Crippen molar-refractivity contribution < 1.29 is 0 Å². The summed E-state index contributed by atoms with van der Waals surface area (Å²) >= 11 is 0. The summed E-state index contributed by atoms with van der Waals surface area (Å²) < 4.78 is 0. The summed E-state index contributed by atoms with van der Waals surface area (Å²) in [6.45, 7) is 9.15. The molecule has 0 saturated carbocycles. The summed E-state index contributed by atoms with van der Waals surface area (Å²) in [5.41, 5.74) is 0. The lowest BCUT2D eigenvalue weighted by Crippen LogP contribution is -2.42. The van der Waals surface area contributed by atoms with Crippen LogP contribution in [0.2, 0.25) is 0 Å². The fourth-order valence-corrected chi connectivity index (χ4v) is 1.57. The fraction of sp³-hybridized carbons (Fsp3) is 1.00. The molecule has 86 valence electrons. The molecule has 0 aliphatic heterocycles. The van der Waals surface area contributed by atoms with E-state index >= 15 is 0 Å². The van der Waals surface area contributed by atoms with Crippen LogP contribution in [0.5, 0.6) is 0 Å². The first kappa shape index (κ1) is 13.9. The predicted octanol–water partition coefficient (Wildman–Crippen LogP) is 2.35. The molecule has 0 aromatic carbocycles. The fourth-order valence-electron chi connectivity index (χ4n) is 1.57. The molecule has 0 rings (SSSR count). The lowest BCUT2D eigenvalue weighted by Gasteiger charge is -2.25. The Kier molecular flexibility index (Phi) is 8.20. The minimum absolute atomic E-state index is 0.641. The Morgan fingerprint density at radius 2 is 1.79 bits per heavy atom. The van der Waals surface area contributed by atoms with Crippen molar-refractivity contribution >= 4 is 0 Å². The van der Waals surface area contributed by atoms with Gasteiger partial charge >= 0.3 is 0 Å². The Labute approximate surface area is 90.1 Å². The summed E-state index contributed by atoms with van der Waals surface area (Å²) in [7, 11) is 4.28. The first-order chi connectivity index (χ1) is 6.57. The lowest BCUT2D eigenvalue weighted by molar-refractivity contribution is 0.288. The third-order valence-corrected chi connectivity index (χ3v) is 2.55. The van der Waals surface area contributed by atoms with Crippen molar-refractivity contribution in [2.24, 2.45) is 5.92 Å². The minimum atomic E-state index is 0.641. The molecule has 1 N–H and O–H groups in total. The molecule has 0 bridgehead atoms. The van der Waals surface area contributed by atoms with E-state index in [9.17, 15) is 0 Å². The van der Waals surface area contributed by atoms with E-state index in [1.165, 1.54) is 25.8 Å². The zero-order valence-corrected chi connectivity index (χ0v) is 10.6. The van der Waals surface area contributed by atoms with Gasteiger partial charge in [-0.3, -0.25) is 0 Å². The van der Waals surface area contributed by atoms with Gasteiger partial charge in [0.25, 0.3) is 0 Å².